The Morgan fingerprint density at radius 1 is 1.42 bits per heavy atom. The van der Waals surface area contributed by atoms with Gasteiger partial charge in [0.05, 0.1) is 16.8 Å². The predicted molar refractivity (Wildman–Crippen MR) is 78.9 cm³/mol. The maximum atomic E-state index is 9.55. The van der Waals surface area contributed by atoms with Crippen LogP contribution >= 0.6 is 11.6 Å². The summed E-state index contributed by atoms with van der Waals surface area (Å²) < 4.78 is 5.38. The summed E-state index contributed by atoms with van der Waals surface area (Å²) in [5.74, 6) is 0.672. The average molecular weight is 284 g/mol. The summed E-state index contributed by atoms with van der Waals surface area (Å²) in [4.78, 5) is 2.20. The van der Waals surface area contributed by atoms with Gasteiger partial charge in [-0.2, -0.15) is 0 Å². The van der Waals surface area contributed by atoms with Crippen molar-refractivity contribution in [2.24, 2.45) is 5.92 Å². The SMILES string of the molecule is C[C@@H](O)c1ccc(N(C)CC2CCOCC2)c(Cl)c1. The van der Waals surface area contributed by atoms with Gasteiger partial charge in [-0.1, -0.05) is 17.7 Å². The van der Waals surface area contributed by atoms with E-state index in [4.69, 9.17) is 16.3 Å². The molecule has 1 aromatic rings. The van der Waals surface area contributed by atoms with E-state index in [0.29, 0.717) is 10.9 Å². The van der Waals surface area contributed by atoms with Crippen LogP contribution in [0.5, 0.6) is 0 Å². The van der Waals surface area contributed by atoms with Crippen molar-refractivity contribution >= 4 is 17.3 Å². The normalized spacial score (nSPS) is 18.3. The highest BCUT2D eigenvalue weighted by atomic mass is 35.5. The summed E-state index contributed by atoms with van der Waals surface area (Å²) in [5.41, 5.74) is 1.88. The van der Waals surface area contributed by atoms with E-state index in [1.165, 1.54) is 0 Å². The molecule has 0 radical (unpaired) electrons. The molecule has 0 aliphatic carbocycles. The fourth-order valence-electron chi connectivity index (χ4n) is 2.51. The van der Waals surface area contributed by atoms with Crippen molar-refractivity contribution in [2.75, 3.05) is 31.7 Å². The standard InChI is InChI=1S/C15H22ClNO2/c1-11(18)13-3-4-15(14(16)9-13)17(2)10-12-5-7-19-8-6-12/h3-4,9,11-12,18H,5-8,10H2,1-2H3/t11-/m1/s1. The highest BCUT2D eigenvalue weighted by Crippen LogP contribution is 2.29. The number of anilines is 1. The highest BCUT2D eigenvalue weighted by Gasteiger charge is 2.17. The lowest BCUT2D eigenvalue weighted by Crippen LogP contribution is -2.29. The molecule has 4 heteroatoms. The topological polar surface area (TPSA) is 32.7 Å². The highest BCUT2D eigenvalue weighted by molar-refractivity contribution is 6.33. The first kappa shape index (κ1) is 14.6. The summed E-state index contributed by atoms with van der Waals surface area (Å²) in [7, 11) is 2.07. The first-order valence-corrected chi connectivity index (χ1v) is 7.22. The quantitative estimate of drug-likeness (QED) is 0.921. The van der Waals surface area contributed by atoms with Crippen molar-refractivity contribution in [3.8, 4) is 0 Å². The number of nitrogens with zero attached hydrogens (tertiary/aromatic N) is 1. The molecule has 3 nitrogen and oxygen atoms in total. The van der Waals surface area contributed by atoms with E-state index >= 15 is 0 Å². The van der Waals surface area contributed by atoms with Crippen molar-refractivity contribution in [2.45, 2.75) is 25.9 Å². The van der Waals surface area contributed by atoms with Crippen molar-refractivity contribution in [1.29, 1.82) is 0 Å². The summed E-state index contributed by atoms with van der Waals surface area (Å²) in [6.45, 7) is 4.48. The Kier molecular flexibility index (Phi) is 5.08. The van der Waals surface area contributed by atoms with E-state index in [9.17, 15) is 5.11 Å². The van der Waals surface area contributed by atoms with E-state index < -0.39 is 6.10 Å². The first-order valence-electron chi connectivity index (χ1n) is 6.84. The summed E-state index contributed by atoms with van der Waals surface area (Å²) >= 11 is 6.31. The smallest absolute Gasteiger partial charge is 0.0762 e. The Balaban J connectivity index is 2.03. The van der Waals surface area contributed by atoms with Gasteiger partial charge in [-0.05, 0) is 43.4 Å². The van der Waals surface area contributed by atoms with Crippen molar-refractivity contribution in [3.63, 3.8) is 0 Å². The van der Waals surface area contributed by atoms with E-state index in [1.807, 2.05) is 18.2 Å². The zero-order valence-electron chi connectivity index (χ0n) is 11.6. The maximum absolute atomic E-state index is 9.55. The number of aliphatic hydroxyl groups is 1. The van der Waals surface area contributed by atoms with E-state index in [2.05, 4.69) is 11.9 Å². The van der Waals surface area contributed by atoms with Crippen LogP contribution < -0.4 is 4.90 Å². The van der Waals surface area contributed by atoms with Gasteiger partial charge < -0.3 is 14.7 Å². The molecular formula is C15H22ClNO2. The van der Waals surface area contributed by atoms with Crippen LogP contribution in [0.4, 0.5) is 5.69 Å². The van der Waals surface area contributed by atoms with Gasteiger partial charge in [0.15, 0.2) is 0 Å². The van der Waals surface area contributed by atoms with Crippen molar-refractivity contribution in [3.05, 3.63) is 28.8 Å². The number of aliphatic hydroxyl groups excluding tert-OH is 1. The molecule has 0 unspecified atom stereocenters. The second-order valence-corrected chi connectivity index (χ2v) is 5.73. The number of hydrogen-bond acceptors (Lipinski definition) is 3. The van der Waals surface area contributed by atoms with Crippen LogP contribution in [0, 0.1) is 5.92 Å². The number of hydrogen-bond donors (Lipinski definition) is 1. The first-order chi connectivity index (χ1) is 9.08. The Morgan fingerprint density at radius 3 is 2.68 bits per heavy atom. The minimum atomic E-state index is -0.479. The maximum Gasteiger partial charge on any atom is 0.0762 e. The van der Waals surface area contributed by atoms with Gasteiger partial charge in [0.2, 0.25) is 0 Å². The molecule has 0 amide bonds. The largest absolute Gasteiger partial charge is 0.389 e. The van der Waals surface area contributed by atoms with Gasteiger partial charge in [-0.15, -0.1) is 0 Å². The average Bonchev–Trinajstić information content (AvgIpc) is 2.39. The zero-order valence-corrected chi connectivity index (χ0v) is 12.4. The minimum absolute atomic E-state index is 0.479. The molecule has 2 rings (SSSR count). The molecule has 1 aliphatic heterocycles. The van der Waals surface area contributed by atoms with Gasteiger partial charge in [0, 0.05) is 26.8 Å². The Hall–Kier alpha value is -0.770. The molecular weight excluding hydrogens is 262 g/mol. The third-order valence-electron chi connectivity index (χ3n) is 3.74. The van der Waals surface area contributed by atoms with Gasteiger partial charge >= 0.3 is 0 Å². The van der Waals surface area contributed by atoms with Crippen LogP contribution in [0.2, 0.25) is 5.02 Å². The van der Waals surface area contributed by atoms with Crippen LogP contribution in [0.3, 0.4) is 0 Å². The third kappa shape index (κ3) is 3.85. The van der Waals surface area contributed by atoms with Gasteiger partial charge in [0.1, 0.15) is 0 Å². The van der Waals surface area contributed by atoms with Crippen molar-refractivity contribution < 1.29 is 9.84 Å². The van der Waals surface area contributed by atoms with Crippen LogP contribution in [-0.2, 0) is 4.74 Å². The lowest BCUT2D eigenvalue weighted by Gasteiger charge is -2.29. The second kappa shape index (κ2) is 6.60. The molecule has 1 fully saturated rings. The fraction of sp³-hybridized carbons (Fsp3) is 0.600. The van der Waals surface area contributed by atoms with E-state index in [-0.39, 0.29) is 0 Å². The van der Waals surface area contributed by atoms with Crippen LogP contribution in [0.25, 0.3) is 0 Å². The molecule has 0 saturated carbocycles. The van der Waals surface area contributed by atoms with Crippen LogP contribution in [-0.4, -0.2) is 31.9 Å². The summed E-state index contributed by atoms with van der Waals surface area (Å²) in [5, 5.41) is 10.3. The number of halogens is 1. The van der Waals surface area contributed by atoms with Crippen molar-refractivity contribution in [1.82, 2.24) is 0 Å². The zero-order chi connectivity index (χ0) is 13.8. The monoisotopic (exact) mass is 283 g/mol. The lowest BCUT2D eigenvalue weighted by molar-refractivity contribution is 0.0685. The fourth-order valence-corrected chi connectivity index (χ4v) is 2.84. The van der Waals surface area contributed by atoms with Crippen LogP contribution in [0.1, 0.15) is 31.4 Å². The number of rotatable bonds is 4. The number of benzene rings is 1. The Bertz CT molecular complexity index is 417. The Morgan fingerprint density at radius 2 is 2.11 bits per heavy atom. The number of ether oxygens (including phenoxy) is 1. The Labute approximate surface area is 120 Å². The van der Waals surface area contributed by atoms with E-state index in [0.717, 1.165) is 43.9 Å². The molecule has 1 N–H and O–H groups in total. The second-order valence-electron chi connectivity index (χ2n) is 5.32. The molecule has 1 atom stereocenters. The molecule has 0 spiro atoms. The molecule has 0 aromatic heterocycles. The van der Waals surface area contributed by atoms with E-state index in [1.54, 1.807) is 6.92 Å². The van der Waals surface area contributed by atoms with Gasteiger partial charge in [-0.25, -0.2) is 0 Å². The molecule has 0 bridgehead atoms. The summed E-state index contributed by atoms with van der Waals surface area (Å²) in [6, 6.07) is 5.78. The van der Waals surface area contributed by atoms with Crippen LogP contribution in [0.15, 0.2) is 18.2 Å². The molecule has 19 heavy (non-hydrogen) atoms. The molecule has 106 valence electrons. The molecule has 1 aromatic carbocycles. The molecule has 1 heterocycles. The predicted octanol–water partition coefficient (Wildman–Crippen LogP) is 3.26. The molecule has 1 aliphatic rings. The summed E-state index contributed by atoms with van der Waals surface area (Å²) in [6.07, 6.45) is 1.76. The third-order valence-corrected chi connectivity index (χ3v) is 4.04. The van der Waals surface area contributed by atoms with Gasteiger partial charge in [0.25, 0.3) is 0 Å². The lowest BCUT2D eigenvalue weighted by atomic mass is 9.99. The minimum Gasteiger partial charge on any atom is -0.389 e. The molecule has 1 saturated heterocycles. The van der Waals surface area contributed by atoms with Gasteiger partial charge in [-0.3, -0.25) is 0 Å².